The fraction of sp³-hybridized carbons (Fsp3) is 0.176. The first kappa shape index (κ1) is 19.2. The SMILES string of the molecule is O=C(COc1cccc(F)c1)NNC(=O)Cc1cccc(C(F)(F)F)c1. The van der Waals surface area contributed by atoms with Crippen molar-refractivity contribution in [1.29, 1.82) is 0 Å². The van der Waals surface area contributed by atoms with Crippen LogP contribution in [0.2, 0.25) is 0 Å². The van der Waals surface area contributed by atoms with Crippen LogP contribution in [0, 0.1) is 5.82 Å². The lowest BCUT2D eigenvalue weighted by molar-refractivity contribution is -0.137. The number of carbonyl (C=O) groups excluding carboxylic acids is 2. The van der Waals surface area contributed by atoms with Gasteiger partial charge in [-0.1, -0.05) is 24.3 Å². The van der Waals surface area contributed by atoms with Gasteiger partial charge >= 0.3 is 6.18 Å². The summed E-state index contributed by atoms with van der Waals surface area (Å²) >= 11 is 0. The van der Waals surface area contributed by atoms with Crippen LogP contribution in [0.15, 0.2) is 48.5 Å². The Morgan fingerprint density at radius 2 is 1.65 bits per heavy atom. The van der Waals surface area contributed by atoms with Gasteiger partial charge in [-0.3, -0.25) is 20.4 Å². The van der Waals surface area contributed by atoms with E-state index >= 15 is 0 Å². The molecule has 0 aliphatic carbocycles. The molecule has 0 aliphatic rings. The van der Waals surface area contributed by atoms with Crippen molar-refractivity contribution in [1.82, 2.24) is 10.9 Å². The predicted molar refractivity (Wildman–Crippen MR) is 83.3 cm³/mol. The molecule has 0 aliphatic heterocycles. The number of benzene rings is 2. The number of ether oxygens (including phenoxy) is 1. The number of halogens is 4. The van der Waals surface area contributed by atoms with E-state index in [0.717, 1.165) is 18.2 Å². The zero-order chi connectivity index (χ0) is 19.2. The molecule has 9 heteroatoms. The highest BCUT2D eigenvalue weighted by molar-refractivity contribution is 5.83. The minimum atomic E-state index is -4.51. The summed E-state index contributed by atoms with van der Waals surface area (Å²) in [5, 5.41) is 0. The second kappa shape index (κ2) is 8.32. The molecule has 2 N–H and O–H groups in total. The summed E-state index contributed by atoms with van der Waals surface area (Å²) in [6.07, 6.45) is -4.86. The van der Waals surface area contributed by atoms with E-state index in [2.05, 4.69) is 10.9 Å². The summed E-state index contributed by atoms with van der Waals surface area (Å²) in [5.41, 5.74) is 3.39. The molecule has 0 saturated heterocycles. The van der Waals surface area contributed by atoms with Crippen LogP contribution in [0.3, 0.4) is 0 Å². The fourth-order valence-electron chi connectivity index (χ4n) is 1.97. The van der Waals surface area contributed by atoms with Crippen molar-refractivity contribution >= 4 is 11.8 Å². The van der Waals surface area contributed by atoms with E-state index in [-0.39, 0.29) is 17.7 Å². The molecule has 2 aromatic rings. The van der Waals surface area contributed by atoms with Crippen molar-refractivity contribution in [2.24, 2.45) is 0 Å². The van der Waals surface area contributed by atoms with Gasteiger partial charge in [-0.15, -0.1) is 0 Å². The third-order valence-corrected chi connectivity index (χ3v) is 3.13. The van der Waals surface area contributed by atoms with Crippen molar-refractivity contribution in [3.8, 4) is 5.75 Å². The molecule has 138 valence electrons. The Hall–Kier alpha value is -3.10. The number of rotatable bonds is 5. The number of alkyl halides is 3. The van der Waals surface area contributed by atoms with Gasteiger partial charge in [0, 0.05) is 6.07 Å². The van der Waals surface area contributed by atoms with E-state index < -0.39 is 36.0 Å². The van der Waals surface area contributed by atoms with E-state index in [1.54, 1.807) is 0 Å². The lowest BCUT2D eigenvalue weighted by Crippen LogP contribution is -2.44. The summed E-state index contributed by atoms with van der Waals surface area (Å²) in [6.45, 7) is -0.479. The lowest BCUT2D eigenvalue weighted by Gasteiger charge is -2.10. The molecule has 26 heavy (non-hydrogen) atoms. The number of carbonyl (C=O) groups is 2. The maximum Gasteiger partial charge on any atom is 0.416 e. The van der Waals surface area contributed by atoms with E-state index in [0.29, 0.717) is 0 Å². The summed E-state index contributed by atoms with van der Waals surface area (Å²) in [4.78, 5) is 23.2. The fourth-order valence-corrected chi connectivity index (χ4v) is 1.97. The van der Waals surface area contributed by atoms with Gasteiger partial charge in [-0.05, 0) is 23.8 Å². The molecular formula is C17H14F4N2O3. The van der Waals surface area contributed by atoms with E-state index in [9.17, 15) is 27.2 Å². The second-order valence-electron chi connectivity index (χ2n) is 5.22. The molecule has 0 unspecified atom stereocenters. The second-order valence-corrected chi connectivity index (χ2v) is 5.22. The molecule has 2 aromatic carbocycles. The minimum Gasteiger partial charge on any atom is -0.484 e. The summed E-state index contributed by atoms with van der Waals surface area (Å²) < 4.78 is 55.8. The van der Waals surface area contributed by atoms with Gasteiger partial charge in [-0.25, -0.2) is 4.39 Å². The summed E-state index contributed by atoms with van der Waals surface area (Å²) in [5.74, 6) is -1.82. The molecule has 2 rings (SSSR count). The maximum absolute atomic E-state index is 12.9. The first-order valence-corrected chi connectivity index (χ1v) is 7.36. The quantitative estimate of drug-likeness (QED) is 0.628. The van der Waals surface area contributed by atoms with Gasteiger partial charge in [-0.2, -0.15) is 13.2 Å². The van der Waals surface area contributed by atoms with Crippen LogP contribution in [0.4, 0.5) is 17.6 Å². The third-order valence-electron chi connectivity index (χ3n) is 3.13. The van der Waals surface area contributed by atoms with E-state index in [1.165, 1.54) is 30.3 Å². The Labute approximate surface area is 145 Å². The summed E-state index contributed by atoms with van der Waals surface area (Å²) in [7, 11) is 0. The van der Waals surface area contributed by atoms with Crippen LogP contribution in [0.5, 0.6) is 5.75 Å². The number of amides is 2. The standard InChI is InChI=1S/C17H14F4N2O3/c18-13-5-2-6-14(9-13)26-10-16(25)23-22-15(24)8-11-3-1-4-12(7-11)17(19,20)21/h1-7,9H,8,10H2,(H,22,24)(H,23,25). The van der Waals surface area contributed by atoms with E-state index in [1.807, 2.05) is 0 Å². The number of hydrazine groups is 1. The van der Waals surface area contributed by atoms with Gasteiger partial charge in [0.15, 0.2) is 6.61 Å². The first-order chi connectivity index (χ1) is 12.2. The highest BCUT2D eigenvalue weighted by atomic mass is 19.4. The Morgan fingerprint density at radius 1 is 0.962 bits per heavy atom. The van der Waals surface area contributed by atoms with Gasteiger partial charge in [0.2, 0.25) is 5.91 Å². The molecule has 0 aromatic heterocycles. The van der Waals surface area contributed by atoms with Gasteiger partial charge in [0.05, 0.1) is 12.0 Å². The Bertz CT molecular complexity index is 794. The van der Waals surface area contributed by atoms with Crippen LogP contribution in [0.25, 0.3) is 0 Å². The minimum absolute atomic E-state index is 0.135. The van der Waals surface area contributed by atoms with Crippen LogP contribution >= 0.6 is 0 Å². The van der Waals surface area contributed by atoms with Crippen molar-refractivity contribution < 1.29 is 31.9 Å². The molecular weight excluding hydrogens is 356 g/mol. The average molecular weight is 370 g/mol. The zero-order valence-electron chi connectivity index (χ0n) is 13.3. The van der Waals surface area contributed by atoms with E-state index in [4.69, 9.17) is 4.74 Å². The van der Waals surface area contributed by atoms with Crippen molar-refractivity contribution in [2.75, 3.05) is 6.61 Å². The molecule has 5 nitrogen and oxygen atoms in total. The number of hydrogen-bond donors (Lipinski definition) is 2. The average Bonchev–Trinajstić information content (AvgIpc) is 2.58. The Kier molecular flexibility index (Phi) is 6.16. The Balaban J connectivity index is 1.78. The smallest absolute Gasteiger partial charge is 0.416 e. The van der Waals surface area contributed by atoms with Gasteiger partial charge < -0.3 is 4.74 Å². The lowest BCUT2D eigenvalue weighted by atomic mass is 10.1. The summed E-state index contributed by atoms with van der Waals surface area (Å²) in [6, 6.07) is 9.45. The zero-order valence-corrected chi connectivity index (χ0v) is 13.3. The maximum atomic E-state index is 12.9. The normalized spacial score (nSPS) is 10.9. The molecule has 0 radical (unpaired) electrons. The molecule has 0 fully saturated rings. The topological polar surface area (TPSA) is 67.4 Å². The van der Waals surface area contributed by atoms with Gasteiger partial charge in [0.25, 0.3) is 5.91 Å². The molecule has 0 atom stereocenters. The predicted octanol–water partition coefficient (Wildman–Crippen LogP) is 2.61. The monoisotopic (exact) mass is 370 g/mol. The number of nitrogens with one attached hydrogen (secondary N) is 2. The van der Waals surface area contributed by atoms with Crippen molar-refractivity contribution in [3.05, 3.63) is 65.5 Å². The largest absolute Gasteiger partial charge is 0.484 e. The number of hydrogen-bond acceptors (Lipinski definition) is 3. The highest BCUT2D eigenvalue weighted by Gasteiger charge is 2.30. The van der Waals surface area contributed by atoms with Crippen molar-refractivity contribution in [2.45, 2.75) is 12.6 Å². The van der Waals surface area contributed by atoms with Crippen LogP contribution in [-0.4, -0.2) is 18.4 Å². The molecule has 2 amide bonds. The molecule has 0 heterocycles. The first-order valence-electron chi connectivity index (χ1n) is 7.36. The molecule has 0 spiro atoms. The van der Waals surface area contributed by atoms with Crippen LogP contribution in [-0.2, 0) is 22.2 Å². The highest BCUT2D eigenvalue weighted by Crippen LogP contribution is 2.29. The van der Waals surface area contributed by atoms with Crippen LogP contribution in [0.1, 0.15) is 11.1 Å². The third kappa shape index (κ3) is 6.08. The van der Waals surface area contributed by atoms with Crippen LogP contribution < -0.4 is 15.6 Å². The van der Waals surface area contributed by atoms with Gasteiger partial charge in [0.1, 0.15) is 11.6 Å². The molecule has 0 saturated carbocycles. The van der Waals surface area contributed by atoms with Crippen molar-refractivity contribution in [3.63, 3.8) is 0 Å². The molecule has 0 bridgehead atoms. The Morgan fingerprint density at radius 3 is 2.35 bits per heavy atom.